The summed E-state index contributed by atoms with van der Waals surface area (Å²) in [6.07, 6.45) is -0.156. The van der Waals surface area contributed by atoms with E-state index in [2.05, 4.69) is 19.2 Å². The van der Waals surface area contributed by atoms with Crippen LogP contribution in [-0.4, -0.2) is 19.2 Å². The number of rotatable bonds is 2. The summed E-state index contributed by atoms with van der Waals surface area (Å²) in [6.45, 7) is 5.65. The van der Waals surface area contributed by atoms with Crippen molar-refractivity contribution in [1.82, 2.24) is 5.32 Å². The molecule has 1 N–H and O–H groups in total. The number of hydrogen-bond acceptors (Lipinski definition) is 2. The lowest BCUT2D eigenvalue weighted by atomic mass is 10.0. The van der Waals surface area contributed by atoms with E-state index >= 15 is 0 Å². The highest BCUT2D eigenvalue weighted by Gasteiger charge is 2.25. The van der Waals surface area contributed by atoms with Gasteiger partial charge in [0.25, 0.3) is 0 Å². The number of nitrogens with one attached hydrogen (secondary N) is 1. The Labute approximate surface area is 95.8 Å². The number of ether oxygens (including phenoxy) is 1. The van der Waals surface area contributed by atoms with E-state index in [4.69, 9.17) is 4.74 Å². The molecule has 88 valence electrons. The highest BCUT2D eigenvalue weighted by atomic mass is 19.1. The quantitative estimate of drug-likeness (QED) is 0.831. The zero-order valence-corrected chi connectivity index (χ0v) is 9.74. The lowest BCUT2D eigenvalue weighted by molar-refractivity contribution is -0.00883. The third kappa shape index (κ3) is 2.42. The van der Waals surface area contributed by atoms with Crippen LogP contribution in [0, 0.1) is 11.7 Å². The fraction of sp³-hybridized carbons (Fsp3) is 0.538. The molecule has 2 rings (SSSR count). The second-order valence-corrected chi connectivity index (χ2v) is 4.60. The van der Waals surface area contributed by atoms with E-state index in [9.17, 15) is 4.39 Å². The summed E-state index contributed by atoms with van der Waals surface area (Å²) >= 11 is 0. The molecular formula is C13H18FNO. The van der Waals surface area contributed by atoms with Crippen LogP contribution in [-0.2, 0) is 4.74 Å². The van der Waals surface area contributed by atoms with Crippen LogP contribution in [0.5, 0.6) is 0 Å². The zero-order chi connectivity index (χ0) is 11.5. The van der Waals surface area contributed by atoms with Gasteiger partial charge in [-0.05, 0) is 12.0 Å². The Morgan fingerprint density at radius 2 is 2.12 bits per heavy atom. The molecule has 1 aliphatic rings. The molecule has 0 bridgehead atoms. The number of hydrogen-bond donors (Lipinski definition) is 1. The van der Waals surface area contributed by atoms with Crippen molar-refractivity contribution in [2.45, 2.75) is 26.0 Å². The Morgan fingerprint density at radius 3 is 2.69 bits per heavy atom. The maximum absolute atomic E-state index is 13.5. The fourth-order valence-corrected chi connectivity index (χ4v) is 1.96. The van der Waals surface area contributed by atoms with Gasteiger partial charge in [0, 0.05) is 18.2 Å². The SMILES string of the molecule is CC(C)C1COC(c2ccccc2F)CN1. The molecule has 3 heteroatoms. The molecule has 2 nitrogen and oxygen atoms in total. The van der Waals surface area contributed by atoms with Crippen molar-refractivity contribution in [1.29, 1.82) is 0 Å². The van der Waals surface area contributed by atoms with Crippen molar-refractivity contribution < 1.29 is 9.13 Å². The average molecular weight is 223 g/mol. The second-order valence-electron chi connectivity index (χ2n) is 4.60. The number of morpholine rings is 1. The van der Waals surface area contributed by atoms with Crippen molar-refractivity contribution in [3.63, 3.8) is 0 Å². The molecule has 16 heavy (non-hydrogen) atoms. The maximum Gasteiger partial charge on any atom is 0.129 e. The van der Waals surface area contributed by atoms with Crippen LogP contribution >= 0.6 is 0 Å². The van der Waals surface area contributed by atoms with Gasteiger partial charge in [0.2, 0.25) is 0 Å². The Kier molecular flexibility index (Phi) is 3.56. The van der Waals surface area contributed by atoms with Crippen molar-refractivity contribution in [3.05, 3.63) is 35.6 Å². The molecule has 1 heterocycles. The summed E-state index contributed by atoms with van der Waals surface area (Å²) in [7, 11) is 0. The number of halogens is 1. The van der Waals surface area contributed by atoms with E-state index in [0.29, 0.717) is 30.7 Å². The van der Waals surface area contributed by atoms with Crippen molar-refractivity contribution in [2.24, 2.45) is 5.92 Å². The van der Waals surface area contributed by atoms with Gasteiger partial charge in [0.1, 0.15) is 5.82 Å². The van der Waals surface area contributed by atoms with Gasteiger partial charge in [-0.25, -0.2) is 4.39 Å². The Hall–Kier alpha value is -0.930. The van der Waals surface area contributed by atoms with E-state index in [1.165, 1.54) is 6.07 Å². The normalized spacial score (nSPS) is 26.0. The third-order valence-corrected chi connectivity index (χ3v) is 3.10. The van der Waals surface area contributed by atoms with Crippen molar-refractivity contribution >= 4 is 0 Å². The highest BCUT2D eigenvalue weighted by molar-refractivity contribution is 5.20. The minimum Gasteiger partial charge on any atom is -0.370 e. The monoisotopic (exact) mass is 223 g/mol. The van der Waals surface area contributed by atoms with Crippen LogP contribution < -0.4 is 5.32 Å². The topological polar surface area (TPSA) is 21.3 Å². The van der Waals surface area contributed by atoms with Gasteiger partial charge in [-0.1, -0.05) is 32.0 Å². The van der Waals surface area contributed by atoms with Gasteiger partial charge in [-0.3, -0.25) is 0 Å². The van der Waals surface area contributed by atoms with E-state index in [-0.39, 0.29) is 11.9 Å². The van der Waals surface area contributed by atoms with Crippen LogP contribution in [0.3, 0.4) is 0 Å². The Balaban J connectivity index is 2.02. The first-order chi connectivity index (χ1) is 7.68. The van der Waals surface area contributed by atoms with Gasteiger partial charge in [-0.2, -0.15) is 0 Å². The smallest absolute Gasteiger partial charge is 0.129 e. The molecule has 0 amide bonds. The molecule has 0 radical (unpaired) electrons. The first-order valence-corrected chi connectivity index (χ1v) is 5.78. The first kappa shape index (κ1) is 11.6. The molecule has 1 aromatic rings. The Morgan fingerprint density at radius 1 is 1.38 bits per heavy atom. The van der Waals surface area contributed by atoms with Crippen LogP contribution in [0.15, 0.2) is 24.3 Å². The predicted octanol–water partition coefficient (Wildman–Crippen LogP) is 2.51. The van der Waals surface area contributed by atoms with E-state index in [1.54, 1.807) is 12.1 Å². The molecule has 0 spiro atoms. The maximum atomic E-state index is 13.5. The van der Waals surface area contributed by atoms with E-state index < -0.39 is 0 Å². The lowest BCUT2D eigenvalue weighted by Gasteiger charge is -2.32. The van der Waals surface area contributed by atoms with E-state index in [1.807, 2.05) is 6.07 Å². The molecule has 0 aliphatic carbocycles. The summed E-state index contributed by atoms with van der Waals surface area (Å²) in [5, 5.41) is 3.40. The van der Waals surface area contributed by atoms with E-state index in [0.717, 1.165) is 0 Å². The molecule has 0 aromatic heterocycles. The molecule has 1 aliphatic heterocycles. The van der Waals surface area contributed by atoms with Crippen molar-refractivity contribution in [2.75, 3.05) is 13.2 Å². The van der Waals surface area contributed by atoms with Crippen molar-refractivity contribution in [3.8, 4) is 0 Å². The molecular weight excluding hydrogens is 205 g/mol. The minimum absolute atomic E-state index is 0.156. The number of benzene rings is 1. The van der Waals surface area contributed by atoms with Gasteiger partial charge < -0.3 is 10.1 Å². The summed E-state index contributed by atoms with van der Waals surface area (Å²) in [4.78, 5) is 0. The first-order valence-electron chi connectivity index (χ1n) is 5.78. The van der Waals surface area contributed by atoms with Gasteiger partial charge in [0.05, 0.1) is 12.7 Å². The minimum atomic E-state index is -0.183. The van der Waals surface area contributed by atoms with Gasteiger partial charge in [-0.15, -0.1) is 0 Å². The highest BCUT2D eigenvalue weighted by Crippen LogP contribution is 2.23. The largest absolute Gasteiger partial charge is 0.370 e. The molecule has 2 unspecified atom stereocenters. The summed E-state index contributed by atoms with van der Waals surface area (Å²) in [5.41, 5.74) is 0.650. The molecule has 1 aromatic carbocycles. The molecule has 2 atom stereocenters. The summed E-state index contributed by atoms with van der Waals surface area (Å²) in [5.74, 6) is 0.360. The second kappa shape index (κ2) is 4.93. The summed E-state index contributed by atoms with van der Waals surface area (Å²) < 4.78 is 19.2. The predicted molar refractivity (Wildman–Crippen MR) is 61.7 cm³/mol. The van der Waals surface area contributed by atoms with Gasteiger partial charge >= 0.3 is 0 Å². The van der Waals surface area contributed by atoms with Crippen LogP contribution in [0.2, 0.25) is 0 Å². The Bertz CT molecular complexity index is 346. The molecule has 0 saturated carbocycles. The fourth-order valence-electron chi connectivity index (χ4n) is 1.96. The molecule has 1 saturated heterocycles. The zero-order valence-electron chi connectivity index (χ0n) is 9.74. The standard InChI is InChI=1S/C13H18FNO/c1-9(2)12-8-16-13(7-15-12)10-5-3-4-6-11(10)14/h3-6,9,12-13,15H,7-8H2,1-2H3. The van der Waals surface area contributed by atoms with Gasteiger partial charge in [0.15, 0.2) is 0 Å². The molecule has 1 fully saturated rings. The lowest BCUT2D eigenvalue weighted by Crippen LogP contribution is -2.45. The summed E-state index contributed by atoms with van der Waals surface area (Å²) in [6, 6.07) is 7.19. The average Bonchev–Trinajstić information content (AvgIpc) is 2.30. The van der Waals surface area contributed by atoms with Crippen LogP contribution in [0.4, 0.5) is 4.39 Å². The van der Waals surface area contributed by atoms with Crippen LogP contribution in [0.1, 0.15) is 25.5 Å². The third-order valence-electron chi connectivity index (χ3n) is 3.10. The van der Waals surface area contributed by atoms with Crippen LogP contribution in [0.25, 0.3) is 0 Å².